The van der Waals surface area contributed by atoms with Crippen LogP contribution in [0.1, 0.15) is 0 Å². The summed E-state index contributed by atoms with van der Waals surface area (Å²) in [7, 11) is 3.44. The molecule has 3 aromatic heterocycles. The van der Waals surface area contributed by atoms with Crippen molar-refractivity contribution in [3.63, 3.8) is 0 Å². The topological polar surface area (TPSA) is 66.0 Å². The lowest BCUT2D eigenvalue weighted by Gasteiger charge is -2.04. The van der Waals surface area contributed by atoms with Gasteiger partial charge in [0.15, 0.2) is 0 Å². The minimum atomic E-state index is -0.424. The number of aryl methyl sites for hydroxylation is 1. The first-order chi connectivity index (χ1) is 9.61. The van der Waals surface area contributed by atoms with Gasteiger partial charge in [-0.25, -0.2) is 14.4 Å². The van der Waals surface area contributed by atoms with Gasteiger partial charge in [-0.05, 0) is 12.1 Å². The number of fused-ring (bicyclic) bond motifs is 1. The van der Waals surface area contributed by atoms with E-state index in [1.807, 2.05) is 23.9 Å². The predicted octanol–water partition coefficient (Wildman–Crippen LogP) is 2.37. The number of hydrogen-bond donors (Lipinski definition) is 1. The second-order valence-corrected chi connectivity index (χ2v) is 4.46. The average molecular weight is 272 g/mol. The highest BCUT2D eigenvalue weighted by molar-refractivity contribution is 6.00. The summed E-state index contributed by atoms with van der Waals surface area (Å²) in [6, 6.07) is 3.22. The van der Waals surface area contributed by atoms with Crippen molar-refractivity contribution in [1.82, 2.24) is 14.5 Å². The third-order valence-electron chi connectivity index (χ3n) is 3.22. The number of aromatic nitrogens is 3. The van der Waals surface area contributed by atoms with Crippen LogP contribution in [-0.2, 0) is 7.05 Å². The molecular formula is C14H13FN4O. The van der Waals surface area contributed by atoms with Gasteiger partial charge in [-0.3, -0.25) is 0 Å². The van der Waals surface area contributed by atoms with Crippen LogP contribution in [0.25, 0.3) is 22.0 Å². The van der Waals surface area contributed by atoms with Crippen LogP contribution in [-0.4, -0.2) is 21.6 Å². The van der Waals surface area contributed by atoms with Gasteiger partial charge in [0.1, 0.15) is 17.2 Å². The Morgan fingerprint density at radius 2 is 2.10 bits per heavy atom. The summed E-state index contributed by atoms with van der Waals surface area (Å²) in [4.78, 5) is 8.03. The number of nitrogen functional groups attached to an aromatic ring is 1. The third kappa shape index (κ3) is 1.77. The maximum atomic E-state index is 13.4. The number of pyridine rings is 2. The van der Waals surface area contributed by atoms with Crippen molar-refractivity contribution in [1.29, 1.82) is 0 Å². The molecule has 20 heavy (non-hydrogen) atoms. The summed E-state index contributed by atoms with van der Waals surface area (Å²) < 4.78 is 20.6. The Balaban J connectivity index is 2.35. The molecule has 0 aliphatic carbocycles. The quantitative estimate of drug-likeness (QED) is 0.777. The van der Waals surface area contributed by atoms with Crippen molar-refractivity contribution in [2.75, 3.05) is 12.8 Å². The molecule has 0 atom stereocenters. The summed E-state index contributed by atoms with van der Waals surface area (Å²) >= 11 is 0. The van der Waals surface area contributed by atoms with Gasteiger partial charge in [-0.2, -0.15) is 0 Å². The van der Waals surface area contributed by atoms with E-state index in [0.29, 0.717) is 11.4 Å². The first kappa shape index (κ1) is 12.4. The van der Waals surface area contributed by atoms with E-state index in [4.69, 9.17) is 10.5 Å². The van der Waals surface area contributed by atoms with Crippen molar-refractivity contribution in [3.8, 4) is 17.0 Å². The van der Waals surface area contributed by atoms with Gasteiger partial charge in [0.2, 0.25) is 5.88 Å². The van der Waals surface area contributed by atoms with Gasteiger partial charge in [0.05, 0.1) is 13.3 Å². The Kier molecular flexibility index (Phi) is 2.78. The van der Waals surface area contributed by atoms with E-state index in [1.54, 1.807) is 13.3 Å². The molecule has 6 heteroatoms. The third-order valence-corrected chi connectivity index (χ3v) is 3.22. The van der Waals surface area contributed by atoms with E-state index >= 15 is 0 Å². The number of nitrogens with zero attached hydrogens (tertiary/aromatic N) is 3. The Bertz CT molecular complexity index is 797. The first-order valence-electron chi connectivity index (χ1n) is 6.01. The van der Waals surface area contributed by atoms with Gasteiger partial charge in [-0.15, -0.1) is 0 Å². The molecule has 3 aromatic rings. The van der Waals surface area contributed by atoms with E-state index < -0.39 is 5.82 Å². The van der Waals surface area contributed by atoms with E-state index in [9.17, 15) is 4.39 Å². The molecule has 0 spiro atoms. The fourth-order valence-corrected chi connectivity index (χ4v) is 2.35. The van der Waals surface area contributed by atoms with E-state index in [2.05, 4.69) is 9.97 Å². The zero-order valence-electron chi connectivity index (χ0n) is 11.1. The van der Waals surface area contributed by atoms with Crippen LogP contribution in [0.2, 0.25) is 0 Å². The molecule has 0 saturated heterocycles. The molecule has 0 aliphatic heterocycles. The SMILES string of the molecule is COc1nccc2c(-c3cc(F)cnc3N)cn(C)c12. The summed E-state index contributed by atoms with van der Waals surface area (Å²) in [6.45, 7) is 0. The highest BCUT2D eigenvalue weighted by atomic mass is 19.1. The van der Waals surface area contributed by atoms with E-state index in [1.165, 1.54) is 6.07 Å². The van der Waals surface area contributed by atoms with Crippen LogP contribution < -0.4 is 10.5 Å². The van der Waals surface area contributed by atoms with Gasteiger partial charge in [0.25, 0.3) is 0 Å². The van der Waals surface area contributed by atoms with Crippen LogP contribution in [0.5, 0.6) is 5.88 Å². The summed E-state index contributed by atoms with van der Waals surface area (Å²) in [6.07, 6.45) is 4.61. The highest BCUT2D eigenvalue weighted by Crippen LogP contribution is 2.35. The molecule has 0 aromatic carbocycles. The lowest BCUT2D eigenvalue weighted by atomic mass is 10.1. The maximum absolute atomic E-state index is 13.4. The Morgan fingerprint density at radius 3 is 2.85 bits per heavy atom. The van der Waals surface area contributed by atoms with Crippen LogP contribution in [0, 0.1) is 5.82 Å². The number of anilines is 1. The van der Waals surface area contributed by atoms with Crippen molar-refractivity contribution >= 4 is 16.7 Å². The van der Waals surface area contributed by atoms with Crippen LogP contribution >= 0.6 is 0 Å². The molecule has 0 radical (unpaired) electrons. The molecule has 3 heterocycles. The number of rotatable bonds is 2. The molecule has 0 aliphatic rings. The Hall–Kier alpha value is -2.63. The molecule has 3 rings (SSSR count). The van der Waals surface area contributed by atoms with Gasteiger partial charge in [0, 0.05) is 36.0 Å². The van der Waals surface area contributed by atoms with Crippen LogP contribution in [0.4, 0.5) is 10.2 Å². The van der Waals surface area contributed by atoms with Crippen molar-refractivity contribution in [2.24, 2.45) is 7.05 Å². The Morgan fingerprint density at radius 1 is 1.30 bits per heavy atom. The van der Waals surface area contributed by atoms with Crippen LogP contribution in [0.15, 0.2) is 30.7 Å². The normalized spacial score (nSPS) is 10.9. The van der Waals surface area contributed by atoms with Crippen molar-refractivity contribution in [3.05, 3.63) is 36.5 Å². The minimum absolute atomic E-state index is 0.287. The molecule has 2 N–H and O–H groups in total. The first-order valence-corrected chi connectivity index (χ1v) is 6.01. The maximum Gasteiger partial charge on any atom is 0.238 e. The fourth-order valence-electron chi connectivity index (χ4n) is 2.35. The Labute approximate surface area is 114 Å². The number of nitrogens with two attached hydrogens (primary N) is 1. The molecule has 0 fully saturated rings. The molecule has 0 unspecified atom stereocenters. The highest BCUT2D eigenvalue weighted by Gasteiger charge is 2.16. The fraction of sp³-hybridized carbons (Fsp3) is 0.143. The lowest BCUT2D eigenvalue weighted by Crippen LogP contribution is -1.94. The second-order valence-electron chi connectivity index (χ2n) is 4.46. The molecule has 0 bridgehead atoms. The predicted molar refractivity (Wildman–Crippen MR) is 74.9 cm³/mol. The minimum Gasteiger partial charge on any atom is -0.479 e. The van der Waals surface area contributed by atoms with Gasteiger partial charge >= 0.3 is 0 Å². The number of hydrogen-bond acceptors (Lipinski definition) is 4. The molecule has 0 amide bonds. The summed E-state index contributed by atoms with van der Waals surface area (Å²) in [5.41, 5.74) is 8.04. The molecular weight excluding hydrogens is 259 g/mol. The smallest absolute Gasteiger partial charge is 0.238 e. The number of methoxy groups -OCH3 is 1. The largest absolute Gasteiger partial charge is 0.479 e. The van der Waals surface area contributed by atoms with Gasteiger partial charge < -0.3 is 15.0 Å². The average Bonchev–Trinajstić information content (AvgIpc) is 2.79. The monoisotopic (exact) mass is 272 g/mol. The zero-order valence-corrected chi connectivity index (χ0v) is 11.1. The van der Waals surface area contributed by atoms with Crippen molar-refractivity contribution in [2.45, 2.75) is 0 Å². The van der Waals surface area contributed by atoms with Gasteiger partial charge in [-0.1, -0.05) is 0 Å². The number of ether oxygens (including phenoxy) is 1. The van der Waals surface area contributed by atoms with E-state index in [-0.39, 0.29) is 5.82 Å². The molecule has 5 nitrogen and oxygen atoms in total. The summed E-state index contributed by atoms with van der Waals surface area (Å²) in [5.74, 6) is 0.376. The standard InChI is InChI=1S/C14H13FN4O/c1-19-7-11(10-5-8(15)6-18-13(10)16)9-3-4-17-14(20-2)12(9)19/h3-7H,1-2H3,(H2,16,18). The van der Waals surface area contributed by atoms with Crippen LogP contribution in [0.3, 0.4) is 0 Å². The molecule has 0 saturated carbocycles. The van der Waals surface area contributed by atoms with Crippen molar-refractivity contribution < 1.29 is 9.13 Å². The summed E-state index contributed by atoms with van der Waals surface area (Å²) in [5, 5.41) is 0.887. The van der Waals surface area contributed by atoms with E-state index in [0.717, 1.165) is 22.7 Å². The number of halogens is 1. The lowest BCUT2D eigenvalue weighted by molar-refractivity contribution is 0.401. The molecule has 102 valence electrons. The second kappa shape index (κ2) is 4.48. The zero-order chi connectivity index (χ0) is 14.3.